The summed E-state index contributed by atoms with van der Waals surface area (Å²) in [6, 6.07) is 26.9. The van der Waals surface area contributed by atoms with Crippen molar-refractivity contribution in [3.8, 4) is 11.1 Å². The van der Waals surface area contributed by atoms with Gasteiger partial charge in [0, 0.05) is 46.8 Å². The van der Waals surface area contributed by atoms with E-state index in [1.165, 1.54) is 24.3 Å². The molecule has 10 heteroatoms. The first-order valence-electron chi connectivity index (χ1n) is 13.4. The fourth-order valence-electron chi connectivity index (χ4n) is 4.73. The molecule has 10 nitrogen and oxygen atoms in total. The van der Waals surface area contributed by atoms with Crippen LogP contribution in [0.4, 0.5) is 22.7 Å². The Morgan fingerprint density at radius 2 is 0.705 bits per heavy atom. The maximum Gasteiger partial charge on any atom is 0.258 e. The van der Waals surface area contributed by atoms with Crippen molar-refractivity contribution in [2.75, 3.05) is 20.4 Å². The molecule has 2 heterocycles. The molecule has 0 saturated carbocycles. The summed E-state index contributed by atoms with van der Waals surface area (Å²) in [7, 11) is 0. The molecule has 44 heavy (non-hydrogen) atoms. The van der Waals surface area contributed by atoms with Crippen molar-refractivity contribution in [3.63, 3.8) is 0 Å². The van der Waals surface area contributed by atoms with Crippen LogP contribution in [-0.4, -0.2) is 35.4 Å². The zero-order valence-corrected chi connectivity index (χ0v) is 22.9. The number of carbonyl (C=O) groups excluding carboxylic acids is 6. The molecule has 2 aliphatic heterocycles. The maximum atomic E-state index is 12.7. The molecule has 6 amide bonds. The summed E-state index contributed by atoms with van der Waals surface area (Å²) in [4.78, 5) is 74.9. The lowest BCUT2D eigenvalue weighted by Gasteiger charge is -2.14. The zero-order chi connectivity index (χ0) is 30.8. The van der Waals surface area contributed by atoms with E-state index < -0.39 is 23.6 Å². The van der Waals surface area contributed by atoms with E-state index >= 15 is 0 Å². The van der Waals surface area contributed by atoms with Crippen LogP contribution in [-0.2, 0) is 19.2 Å². The molecule has 4 aromatic carbocycles. The number of benzene rings is 4. The van der Waals surface area contributed by atoms with Gasteiger partial charge in [0.15, 0.2) is 0 Å². The molecular weight excluding hydrogens is 560 g/mol. The van der Waals surface area contributed by atoms with E-state index in [1.54, 1.807) is 72.8 Å². The van der Waals surface area contributed by atoms with Gasteiger partial charge in [0.2, 0.25) is 0 Å². The monoisotopic (exact) mass is 582 g/mol. The van der Waals surface area contributed by atoms with Crippen molar-refractivity contribution < 1.29 is 28.8 Å². The lowest BCUT2D eigenvalue weighted by Crippen LogP contribution is -2.29. The van der Waals surface area contributed by atoms with Gasteiger partial charge in [0.05, 0.1) is 11.4 Å². The molecule has 0 atom stereocenters. The lowest BCUT2D eigenvalue weighted by atomic mass is 10.0. The van der Waals surface area contributed by atoms with E-state index in [1.807, 2.05) is 24.3 Å². The van der Waals surface area contributed by atoms with Crippen LogP contribution in [0.3, 0.4) is 0 Å². The van der Waals surface area contributed by atoms with Gasteiger partial charge in [-0.05, 0) is 83.9 Å². The number of nitrogens with one attached hydrogen (secondary N) is 2. The van der Waals surface area contributed by atoms with Gasteiger partial charge in [-0.25, -0.2) is 9.80 Å². The lowest BCUT2D eigenvalue weighted by molar-refractivity contribution is -0.121. The van der Waals surface area contributed by atoms with E-state index in [0.29, 0.717) is 33.9 Å². The average Bonchev–Trinajstić information content (AvgIpc) is 3.56. The summed E-state index contributed by atoms with van der Waals surface area (Å²) in [6.45, 7) is 0. The topological polar surface area (TPSA) is 133 Å². The van der Waals surface area contributed by atoms with Gasteiger partial charge < -0.3 is 10.6 Å². The molecule has 6 rings (SSSR count). The molecule has 2 aliphatic rings. The number of anilines is 4. The van der Waals surface area contributed by atoms with Gasteiger partial charge in [0.1, 0.15) is 0 Å². The Balaban J connectivity index is 1.04. The number of hydrogen-bond acceptors (Lipinski definition) is 6. The van der Waals surface area contributed by atoms with Crippen molar-refractivity contribution >= 4 is 58.2 Å². The number of nitrogens with zero attached hydrogens (tertiary/aromatic N) is 2. The molecule has 4 aromatic rings. The molecule has 0 aromatic heterocycles. The van der Waals surface area contributed by atoms with Crippen LogP contribution in [0.2, 0.25) is 0 Å². The summed E-state index contributed by atoms with van der Waals surface area (Å²) in [5.74, 6) is -2.39. The molecule has 2 N–H and O–H groups in total. The third-order valence-corrected chi connectivity index (χ3v) is 7.01. The molecule has 0 fully saturated rings. The molecule has 0 unspecified atom stereocenters. The van der Waals surface area contributed by atoms with Crippen LogP contribution in [0.15, 0.2) is 121 Å². The first-order chi connectivity index (χ1) is 21.3. The normalized spacial score (nSPS) is 14.0. The number of carbonyl (C=O) groups is 6. The predicted molar refractivity (Wildman–Crippen MR) is 164 cm³/mol. The van der Waals surface area contributed by atoms with Gasteiger partial charge >= 0.3 is 0 Å². The van der Waals surface area contributed by atoms with Crippen LogP contribution in [0, 0.1) is 0 Å². The summed E-state index contributed by atoms with van der Waals surface area (Å²) >= 11 is 0. The second-order valence-corrected chi connectivity index (χ2v) is 9.85. The van der Waals surface area contributed by atoms with Crippen molar-refractivity contribution in [2.24, 2.45) is 0 Å². The first-order valence-corrected chi connectivity index (χ1v) is 13.4. The highest BCUT2D eigenvalue weighted by molar-refractivity contribution is 6.29. The highest BCUT2D eigenvalue weighted by Crippen LogP contribution is 2.25. The summed E-state index contributed by atoms with van der Waals surface area (Å²) in [6.07, 6.45) is 4.80. The Morgan fingerprint density at radius 1 is 0.409 bits per heavy atom. The average molecular weight is 583 g/mol. The molecule has 0 radical (unpaired) electrons. The summed E-state index contributed by atoms with van der Waals surface area (Å²) < 4.78 is 0. The van der Waals surface area contributed by atoms with Gasteiger partial charge in [-0.2, -0.15) is 0 Å². The fraction of sp³-hybridized carbons (Fsp3) is 0. The van der Waals surface area contributed by atoms with E-state index in [4.69, 9.17) is 0 Å². The van der Waals surface area contributed by atoms with Crippen molar-refractivity contribution in [1.29, 1.82) is 0 Å². The Hall–Kier alpha value is -6.42. The highest BCUT2D eigenvalue weighted by Gasteiger charge is 2.26. The van der Waals surface area contributed by atoms with Crippen molar-refractivity contribution in [2.45, 2.75) is 0 Å². The van der Waals surface area contributed by atoms with Crippen LogP contribution in [0.1, 0.15) is 20.7 Å². The molecule has 0 bridgehead atoms. The second-order valence-electron chi connectivity index (χ2n) is 9.85. The van der Waals surface area contributed by atoms with Crippen molar-refractivity contribution in [1.82, 2.24) is 0 Å². The third kappa shape index (κ3) is 5.55. The van der Waals surface area contributed by atoms with Gasteiger partial charge in [-0.15, -0.1) is 0 Å². The van der Waals surface area contributed by atoms with Crippen LogP contribution >= 0.6 is 0 Å². The highest BCUT2D eigenvalue weighted by atomic mass is 16.2. The van der Waals surface area contributed by atoms with Gasteiger partial charge in [-0.1, -0.05) is 24.3 Å². The Bertz CT molecular complexity index is 1710. The van der Waals surface area contributed by atoms with Gasteiger partial charge in [0.25, 0.3) is 35.4 Å². The maximum absolute atomic E-state index is 12.7. The Morgan fingerprint density at radius 3 is 1.00 bits per heavy atom. The predicted octanol–water partition coefficient (Wildman–Crippen LogP) is 4.72. The van der Waals surface area contributed by atoms with Crippen molar-refractivity contribution in [3.05, 3.63) is 132 Å². The largest absolute Gasteiger partial charge is 0.322 e. The Labute approximate surface area is 250 Å². The van der Waals surface area contributed by atoms with E-state index in [9.17, 15) is 28.8 Å². The molecular formula is C34H22N4O6. The smallest absolute Gasteiger partial charge is 0.258 e. The Kier molecular flexibility index (Phi) is 7.22. The first kappa shape index (κ1) is 27.7. The SMILES string of the molecule is O=C(Nc1ccc(-c2ccc(NC(=O)c3ccc(N4C(=O)C=CC4=O)cc3)cc2)cc1)c1ccc(N2C(=O)C=CC2=O)cc1. The third-order valence-electron chi connectivity index (χ3n) is 7.01. The van der Waals surface area contributed by atoms with E-state index in [0.717, 1.165) is 20.9 Å². The van der Waals surface area contributed by atoms with Gasteiger partial charge in [-0.3, -0.25) is 28.8 Å². The number of rotatable bonds is 7. The molecule has 214 valence electrons. The van der Waals surface area contributed by atoms with Crippen LogP contribution in [0.5, 0.6) is 0 Å². The standard InChI is InChI=1S/C34H22N4O6/c39-29-17-18-30(40)37(29)27-13-5-23(6-14-27)33(43)35-25-9-1-21(2-10-25)22-3-11-26(12-4-22)36-34(44)24-7-15-28(16-8-24)38-31(41)19-20-32(38)42/h1-20H,(H,35,43)(H,36,44). The fourth-order valence-corrected chi connectivity index (χ4v) is 4.73. The number of hydrogen-bond donors (Lipinski definition) is 2. The van der Waals surface area contributed by atoms with E-state index in [2.05, 4.69) is 10.6 Å². The summed E-state index contributed by atoms with van der Waals surface area (Å²) in [5.41, 5.74) is 4.48. The van der Waals surface area contributed by atoms with Crippen LogP contribution in [0.25, 0.3) is 11.1 Å². The number of imide groups is 2. The molecule has 0 spiro atoms. The summed E-state index contributed by atoms with van der Waals surface area (Å²) in [5, 5.41) is 5.66. The minimum atomic E-state index is -0.427. The minimum absolute atomic E-state index is 0.341. The molecule has 0 saturated heterocycles. The van der Waals surface area contributed by atoms with Crippen LogP contribution < -0.4 is 20.4 Å². The number of amides is 6. The second kappa shape index (κ2) is 11.5. The van der Waals surface area contributed by atoms with E-state index in [-0.39, 0.29) is 11.8 Å². The quantitative estimate of drug-likeness (QED) is 0.303. The minimum Gasteiger partial charge on any atom is -0.322 e. The zero-order valence-electron chi connectivity index (χ0n) is 22.9. The molecule has 0 aliphatic carbocycles.